The van der Waals surface area contributed by atoms with Gasteiger partial charge in [-0.1, -0.05) is 15.9 Å². The third kappa shape index (κ3) is 3.42. The van der Waals surface area contributed by atoms with Gasteiger partial charge in [-0.2, -0.15) is 13.2 Å². The summed E-state index contributed by atoms with van der Waals surface area (Å²) in [6.45, 7) is -0.0375. The largest absolute Gasteiger partial charge is 0.470 e. The lowest BCUT2D eigenvalue weighted by Gasteiger charge is -2.03. The van der Waals surface area contributed by atoms with Crippen LogP contribution in [0.15, 0.2) is 28.2 Å². The van der Waals surface area contributed by atoms with Crippen LogP contribution in [0.2, 0.25) is 0 Å². The fourth-order valence-corrected chi connectivity index (χ4v) is 2.13. The molecule has 18 heavy (non-hydrogen) atoms. The summed E-state index contributed by atoms with van der Waals surface area (Å²) < 4.78 is 42.9. The van der Waals surface area contributed by atoms with Crippen LogP contribution in [0, 0.1) is 0 Å². The minimum absolute atomic E-state index is 0.0375. The van der Waals surface area contributed by atoms with Gasteiger partial charge in [0, 0.05) is 22.1 Å². The number of aromatic nitrogens is 2. The second-order valence-electron chi connectivity index (χ2n) is 3.23. The number of halogens is 4. The molecule has 0 N–H and O–H groups in total. The first-order valence-electron chi connectivity index (χ1n) is 4.71. The van der Waals surface area contributed by atoms with Gasteiger partial charge in [0.1, 0.15) is 11.6 Å². The van der Waals surface area contributed by atoms with E-state index < -0.39 is 11.9 Å². The van der Waals surface area contributed by atoms with Crippen LogP contribution in [0.4, 0.5) is 13.2 Å². The molecule has 0 amide bonds. The molecule has 2 heterocycles. The van der Waals surface area contributed by atoms with Gasteiger partial charge in [-0.05, 0) is 6.07 Å². The Labute approximate surface area is 113 Å². The molecule has 3 nitrogen and oxygen atoms in total. The molecule has 0 saturated carbocycles. The molecule has 0 aliphatic heterocycles. The van der Waals surface area contributed by atoms with Gasteiger partial charge in [-0.3, -0.25) is 0 Å². The predicted molar refractivity (Wildman–Crippen MR) is 63.4 cm³/mol. The van der Waals surface area contributed by atoms with Gasteiger partial charge in [-0.15, -0.1) is 11.3 Å². The number of hydrogen-bond donors (Lipinski definition) is 0. The standard InChI is InChI=1S/C10H6BrF3N2OS/c11-6-1-2-15-8(3-6)17-4-9-16-7(5-18-9)10(12,13)14/h1-3,5H,4H2. The lowest BCUT2D eigenvalue weighted by Crippen LogP contribution is -2.06. The Kier molecular flexibility index (Phi) is 3.86. The zero-order valence-corrected chi connectivity index (χ0v) is 11.1. The van der Waals surface area contributed by atoms with Crippen molar-refractivity contribution in [3.63, 3.8) is 0 Å². The first-order chi connectivity index (χ1) is 8.45. The normalized spacial score (nSPS) is 11.6. The molecule has 0 spiro atoms. The molecular weight excluding hydrogens is 333 g/mol. The van der Waals surface area contributed by atoms with Crippen molar-refractivity contribution < 1.29 is 17.9 Å². The summed E-state index contributed by atoms with van der Waals surface area (Å²) in [7, 11) is 0. The van der Waals surface area contributed by atoms with E-state index in [0.717, 1.165) is 21.2 Å². The van der Waals surface area contributed by atoms with Crippen molar-refractivity contribution in [1.82, 2.24) is 9.97 Å². The van der Waals surface area contributed by atoms with E-state index in [1.807, 2.05) is 0 Å². The average Bonchev–Trinajstić information content (AvgIpc) is 2.74. The van der Waals surface area contributed by atoms with Crippen molar-refractivity contribution in [2.75, 3.05) is 0 Å². The maximum absolute atomic E-state index is 12.3. The molecule has 0 aromatic carbocycles. The fraction of sp³-hybridized carbons (Fsp3) is 0.200. The smallest absolute Gasteiger partial charge is 0.434 e. The van der Waals surface area contributed by atoms with Gasteiger partial charge in [0.25, 0.3) is 0 Å². The molecule has 2 rings (SSSR count). The lowest BCUT2D eigenvalue weighted by atomic mass is 10.5. The van der Waals surface area contributed by atoms with E-state index in [1.165, 1.54) is 6.20 Å². The highest BCUT2D eigenvalue weighted by Gasteiger charge is 2.33. The van der Waals surface area contributed by atoms with Crippen LogP contribution in [0.5, 0.6) is 5.88 Å². The van der Waals surface area contributed by atoms with Gasteiger partial charge in [0.05, 0.1) is 0 Å². The minimum Gasteiger partial charge on any atom is -0.470 e. The fourth-order valence-electron chi connectivity index (χ4n) is 1.11. The molecule has 2 aromatic rings. The Morgan fingerprint density at radius 2 is 2.17 bits per heavy atom. The summed E-state index contributed by atoms with van der Waals surface area (Å²) in [5.41, 5.74) is -0.895. The van der Waals surface area contributed by atoms with Crippen molar-refractivity contribution in [1.29, 1.82) is 0 Å². The van der Waals surface area contributed by atoms with Crippen molar-refractivity contribution in [2.45, 2.75) is 12.8 Å². The van der Waals surface area contributed by atoms with Crippen molar-refractivity contribution >= 4 is 27.3 Å². The summed E-state index contributed by atoms with van der Waals surface area (Å²) in [6.07, 6.45) is -2.88. The summed E-state index contributed by atoms with van der Waals surface area (Å²) in [5, 5.41) is 1.22. The number of rotatable bonds is 3. The van der Waals surface area contributed by atoms with E-state index in [2.05, 4.69) is 25.9 Å². The predicted octanol–water partition coefficient (Wildman–Crippen LogP) is 3.90. The Morgan fingerprint density at radius 1 is 1.39 bits per heavy atom. The first-order valence-corrected chi connectivity index (χ1v) is 6.38. The zero-order valence-electron chi connectivity index (χ0n) is 8.74. The summed E-state index contributed by atoms with van der Waals surface area (Å²) in [6, 6.07) is 3.34. The highest BCUT2D eigenvalue weighted by Crippen LogP contribution is 2.30. The van der Waals surface area contributed by atoms with Crippen LogP contribution in [0.1, 0.15) is 10.7 Å². The van der Waals surface area contributed by atoms with E-state index in [9.17, 15) is 13.2 Å². The van der Waals surface area contributed by atoms with E-state index >= 15 is 0 Å². The molecule has 0 saturated heterocycles. The number of hydrogen-bond acceptors (Lipinski definition) is 4. The Hall–Kier alpha value is -1.15. The highest BCUT2D eigenvalue weighted by atomic mass is 79.9. The zero-order chi connectivity index (χ0) is 13.2. The number of thiazole rings is 1. The monoisotopic (exact) mass is 338 g/mol. The van der Waals surface area contributed by atoms with Gasteiger partial charge in [0.15, 0.2) is 5.69 Å². The molecule has 8 heteroatoms. The molecule has 0 atom stereocenters. The number of nitrogens with zero attached hydrogens (tertiary/aromatic N) is 2. The van der Waals surface area contributed by atoms with Gasteiger partial charge < -0.3 is 4.74 Å². The molecule has 0 fully saturated rings. The SMILES string of the molecule is FC(F)(F)c1csc(COc2cc(Br)ccn2)n1. The topological polar surface area (TPSA) is 35.0 Å². The number of alkyl halides is 3. The third-order valence-corrected chi connectivity index (χ3v) is 3.20. The van der Waals surface area contributed by atoms with E-state index in [4.69, 9.17) is 4.74 Å². The molecule has 0 radical (unpaired) electrons. The molecule has 0 aliphatic carbocycles. The molecule has 0 unspecified atom stereocenters. The molecule has 2 aromatic heterocycles. The molecule has 96 valence electrons. The Bertz CT molecular complexity index is 544. The second-order valence-corrected chi connectivity index (χ2v) is 5.08. The summed E-state index contributed by atoms with van der Waals surface area (Å²) >= 11 is 4.14. The van der Waals surface area contributed by atoms with E-state index in [1.54, 1.807) is 12.1 Å². The minimum atomic E-state index is -4.41. The molecule has 0 bridgehead atoms. The lowest BCUT2D eigenvalue weighted by molar-refractivity contribution is -0.140. The number of pyridine rings is 1. The van der Waals surface area contributed by atoms with Crippen LogP contribution in [0.3, 0.4) is 0 Å². The van der Waals surface area contributed by atoms with Gasteiger partial charge in [-0.25, -0.2) is 9.97 Å². The third-order valence-electron chi connectivity index (χ3n) is 1.88. The van der Waals surface area contributed by atoms with Crippen molar-refractivity contribution in [2.24, 2.45) is 0 Å². The van der Waals surface area contributed by atoms with E-state index in [-0.39, 0.29) is 11.6 Å². The molecule has 0 aliphatic rings. The van der Waals surface area contributed by atoms with Gasteiger partial charge >= 0.3 is 6.18 Å². The average molecular weight is 339 g/mol. The maximum Gasteiger partial charge on any atom is 0.434 e. The van der Waals surface area contributed by atoms with Crippen molar-refractivity contribution in [3.8, 4) is 5.88 Å². The second kappa shape index (κ2) is 5.23. The number of ether oxygens (including phenoxy) is 1. The van der Waals surface area contributed by atoms with Crippen LogP contribution in [-0.4, -0.2) is 9.97 Å². The first kappa shape index (κ1) is 13.3. The van der Waals surface area contributed by atoms with Crippen LogP contribution in [-0.2, 0) is 12.8 Å². The van der Waals surface area contributed by atoms with Crippen LogP contribution < -0.4 is 4.74 Å². The van der Waals surface area contributed by atoms with E-state index in [0.29, 0.717) is 5.88 Å². The van der Waals surface area contributed by atoms with Crippen LogP contribution >= 0.6 is 27.3 Å². The van der Waals surface area contributed by atoms with Crippen molar-refractivity contribution in [3.05, 3.63) is 38.9 Å². The maximum atomic E-state index is 12.3. The van der Waals surface area contributed by atoms with Crippen LogP contribution in [0.25, 0.3) is 0 Å². The van der Waals surface area contributed by atoms with Gasteiger partial charge in [0.2, 0.25) is 5.88 Å². The quantitative estimate of drug-likeness (QED) is 0.851. The Balaban J connectivity index is 2.01. The Morgan fingerprint density at radius 3 is 2.78 bits per heavy atom. The summed E-state index contributed by atoms with van der Waals surface area (Å²) in [4.78, 5) is 7.36. The highest BCUT2D eigenvalue weighted by molar-refractivity contribution is 9.10. The summed E-state index contributed by atoms with van der Waals surface area (Å²) in [5.74, 6) is 0.327. The molecular formula is C10H6BrF3N2OS.